The van der Waals surface area contributed by atoms with Crippen LogP contribution in [0.3, 0.4) is 0 Å². The van der Waals surface area contributed by atoms with Gasteiger partial charge >= 0.3 is 0 Å². The molecule has 3 rings (SSSR count). The Balaban J connectivity index is 2.18. The summed E-state index contributed by atoms with van der Waals surface area (Å²) in [5.41, 5.74) is 6.59. The highest BCUT2D eigenvalue weighted by molar-refractivity contribution is 7.99. The molecule has 0 spiro atoms. The number of aromatic nitrogens is 3. The number of hydrogen-bond acceptors (Lipinski definition) is 6. The predicted molar refractivity (Wildman–Crippen MR) is 60.2 cm³/mol. The molecular formula is C9H9N5OS. The lowest BCUT2D eigenvalue weighted by atomic mass is 10.2. The van der Waals surface area contributed by atoms with Crippen LogP contribution >= 0.6 is 11.8 Å². The molecule has 3 heterocycles. The fourth-order valence-corrected chi connectivity index (χ4v) is 2.21. The molecule has 0 radical (unpaired) electrons. The van der Waals surface area contributed by atoms with Crippen LogP contribution in [-0.2, 0) is 0 Å². The van der Waals surface area contributed by atoms with Crippen molar-refractivity contribution in [2.45, 2.75) is 12.1 Å². The Hall–Kier alpha value is -1.76. The van der Waals surface area contributed by atoms with E-state index in [-0.39, 0.29) is 0 Å². The largest absolute Gasteiger partial charge is 0.469 e. The normalized spacial score (nSPS) is 14.7. The smallest absolute Gasteiger partial charge is 0.212 e. The van der Waals surface area contributed by atoms with Gasteiger partial charge in [0.25, 0.3) is 0 Å². The van der Waals surface area contributed by atoms with Gasteiger partial charge in [0.2, 0.25) is 5.16 Å². The molecule has 0 atom stereocenters. The first kappa shape index (κ1) is 9.46. The van der Waals surface area contributed by atoms with Crippen LogP contribution in [0, 0.1) is 6.92 Å². The molecule has 0 aromatic carbocycles. The lowest BCUT2D eigenvalue weighted by Crippen LogP contribution is -2.20. The van der Waals surface area contributed by atoms with Crippen LogP contribution in [-0.4, -0.2) is 26.5 Å². The molecule has 2 N–H and O–H groups in total. The zero-order valence-electron chi connectivity index (χ0n) is 8.54. The topological polar surface area (TPSA) is 82.2 Å². The number of amidine groups is 1. The first-order valence-electron chi connectivity index (χ1n) is 4.71. The Labute approximate surface area is 95.5 Å². The van der Waals surface area contributed by atoms with Gasteiger partial charge in [-0.15, -0.1) is 10.2 Å². The van der Waals surface area contributed by atoms with E-state index in [0.29, 0.717) is 17.4 Å². The number of furan rings is 1. The van der Waals surface area contributed by atoms with Gasteiger partial charge in [-0.2, -0.15) is 9.78 Å². The highest BCUT2D eigenvalue weighted by atomic mass is 32.2. The van der Waals surface area contributed by atoms with Crippen molar-refractivity contribution >= 4 is 17.6 Å². The van der Waals surface area contributed by atoms with E-state index in [1.807, 2.05) is 13.0 Å². The van der Waals surface area contributed by atoms with Crippen molar-refractivity contribution in [2.24, 2.45) is 10.8 Å². The van der Waals surface area contributed by atoms with Crippen molar-refractivity contribution in [2.75, 3.05) is 5.75 Å². The predicted octanol–water partition coefficient (Wildman–Crippen LogP) is 1.07. The molecule has 82 valence electrons. The Morgan fingerprint density at radius 1 is 1.50 bits per heavy atom. The SMILES string of the molecule is Cc1occc1-c1nnc2n1N=C(N)CS2. The summed E-state index contributed by atoms with van der Waals surface area (Å²) >= 11 is 1.52. The van der Waals surface area contributed by atoms with E-state index in [9.17, 15) is 0 Å². The van der Waals surface area contributed by atoms with Gasteiger partial charge in [0.1, 0.15) is 11.6 Å². The van der Waals surface area contributed by atoms with Crippen molar-refractivity contribution in [1.82, 2.24) is 14.9 Å². The maximum Gasteiger partial charge on any atom is 0.212 e. The van der Waals surface area contributed by atoms with Crippen LogP contribution in [0.4, 0.5) is 0 Å². The standard InChI is InChI=1S/C9H9N5OS/c1-5-6(2-3-15-5)8-11-12-9-14(8)13-7(10)4-16-9/h2-3H,4H2,1H3,(H2,10,13). The van der Waals surface area contributed by atoms with E-state index in [0.717, 1.165) is 16.5 Å². The lowest BCUT2D eigenvalue weighted by molar-refractivity contribution is 0.534. The average molecular weight is 235 g/mol. The summed E-state index contributed by atoms with van der Waals surface area (Å²) in [7, 11) is 0. The van der Waals surface area contributed by atoms with E-state index in [1.54, 1.807) is 10.9 Å². The van der Waals surface area contributed by atoms with Gasteiger partial charge < -0.3 is 10.2 Å². The minimum absolute atomic E-state index is 0.569. The molecule has 0 unspecified atom stereocenters. The molecule has 0 saturated heterocycles. The van der Waals surface area contributed by atoms with Gasteiger partial charge in [0, 0.05) is 0 Å². The van der Waals surface area contributed by atoms with Gasteiger partial charge in [0.15, 0.2) is 5.82 Å². The summed E-state index contributed by atoms with van der Waals surface area (Å²) < 4.78 is 6.89. The van der Waals surface area contributed by atoms with Crippen molar-refractivity contribution in [3.63, 3.8) is 0 Å². The molecule has 1 aliphatic heterocycles. The number of rotatable bonds is 1. The molecule has 2 aromatic heterocycles. The van der Waals surface area contributed by atoms with Gasteiger partial charge in [0.05, 0.1) is 17.6 Å². The molecule has 0 fully saturated rings. The van der Waals surface area contributed by atoms with Crippen LogP contribution in [0.15, 0.2) is 27.0 Å². The highest BCUT2D eigenvalue weighted by Crippen LogP contribution is 2.28. The fraction of sp³-hybridized carbons (Fsp3) is 0.222. The summed E-state index contributed by atoms with van der Waals surface area (Å²) in [6.45, 7) is 1.88. The first-order valence-corrected chi connectivity index (χ1v) is 5.70. The van der Waals surface area contributed by atoms with E-state index >= 15 is 0 Å². The molecule has 6 nitrogen and oxygen atoms in total. The van der Waals surface area contributed by atoms with Gasteiger partial charge in [-0.05, 0) is 13.0 Å². The first-order chi connectivity index (χ1) is 7.75. The minimum Gasteiger partial charge on any atom is -0.469 e. The summed E-state index contributed by atoms with van der Waals surface area (Å²) in [6, 6.07) is 1.84. The van der Waals surface area contributed by atoms with Crippen LogP contribution in [0.2, 0.25) is 0 Å². The number of nitrogens with two attached hydrogens (primary N) is 1. The second kappa shape index (κ2) is 3.38. The summed E-state index contributed by atoms with van der Waals surface area (Å²) in [4.78, 5) is 0. The molecule has 0 bridgehead atoms. The maximum atomic E-state index is 5.70. The van der Waals surface area contributed by atoms with Crippen LogP contribution in [0.5, 0.6) is 0 Å². The average Bonchev–Trinajstić information content (AvgIpc) is 2.83. The third kappa shape index (κ3) is 1.32. The number of nitrogens with zero attached hydrogens (tertiary/aromatic N) is 4. The second-order valence-electron chi connectivity index (χ2n) is 3.39. The maximum absolute atomic E-state index is 5.70. The van der Waals surface area contributed by atoms with Crippen molar-refractivity contribution < 1.29 is 4.42 Å². The Kier molecular flexibility index (Phi) is 2.00. The highest BCUT2D eigenvalue weighted by Gasteiger charge is 2.20. The second-order valence-corrected chi connectivity index (χ2v) is 4.33. The third-order valence-corrected chi connectivity index (χ3v) is 3.24. The van der Waals surface area contributed by atoms with Crippen LogP contribution in [0.1, 0.15) is 5.76 Å². The van der Waals surface area contributed by atoms with E-state index in [4.69, 9.17) is 10.2 Å². The van der Waals surface area contributed by atoms with Crippen molar-refractivity contribution in [1.29, 1.82) is 0 Å². The van der Waals surface area contributed by atoms with Crippen LogP contribution < -0.4 is 5.73 Å². The lowest BCUT2D eigenvalue weighted by Gasteiger charge is -2.09. The minimum atomic E-state index is 0.569. The monoisotopic (exact) mass is 235 g/mol. The van der Waals surface area contributed by atoms with Crippen LogP contribution in [0.25, 0.3) is 11.4 Å². The number of fused-ring (bicyclic) bond motifs is 1. The summed E-state index contributed by atoms with van der Waals surface area (Å²) in [6.07, 6.45) is 1.62. The zero-order valence-corrected chi connectivity index (χ0v) is 9.36. The van der Waals surface area contributed by atoms with E-state index in [2.05, 4.69) is 15.3 Å². The molecular weight excluding hydrogens is 226 g/mol. The third-order valence-electron chi connectivity index (χ3n) is 2.29. The van der Waals surface area contributed by atoms with Crippen molar-refractivity contribution in [3.8, 4) is 11.4 Å². The van der Waals surface area contributed by atoms with E-state index in [1.165, 1.54) is 11.8 Å². The summed E-state index contributed by atoms with van der Waals surface area (Å²) in [5.74, 6) is 2.68. The van der Waals surface area contributed by atoms with Gasteiger partial charge in [-0.1, -0.05) is 11.8 Å². The molecule has 0 amide bonds. The molecule has 0 aliphatic carbocycles. The van der Waals surface area contributed by atoms with Gasteiger partial charge in [-0.25, -0.2) is 0 Å². The van der Waals surface area contributed by atoms with Gasteiger partial charge in [-0.3, -0.25) is 0 Å². The number of thioether (sulfide) groups is 1. The summed E-state index contributed by atoms with van der Waals surface area (Å²) in [5, 5.41) is 13.1. The Bertz CT molecular complexity index is 570. The molecule has 1 aliphatic rings. The molecule has 2 aromatic rings. The molecule has 0 saturated carbocycles. The molecule has 7 heteroatoms. The quantitative estimate of drug-likeness (QED) is 0.799. The Morgan fingerprint density at radius 3 is 3.12 bits per heavy atom. The molecule has 16 heavy (non-hydrogen) atoms. The zero-order chi connectivity index (χ0) is 11.1. The van der Waals surface area contributed by atoms with E-state index < -0.39 is 0 Å². The Morgan fingerprint density at radius 2 is 2.38 bits per heavy atom. The fourth-order valence-electron chi connectivity index (χ4n) is 1.53. The number of aryl methyl sites for hydroxylation is 1. The van der Waals surface area contributed by atoms with Crippen molar-refractivity contribution in [3.05, 3.63) is 18.1 Å². The number of hydrogen-bond donors (Lipinski definition) is 1.